The van der Waals surface area contributed by atoms with E-state index in [4.69, 9.17) is 5.73 Å². The topological polar surface area (TPSA) is 105 Å². The quantitative estimate of drug-likeness (QED) is 0.777. The maximum absolute atomic E-state index is 12.7. The molecule has 1 aromatic carbocycles. The van der Waals surface area contributed by atoms with Crippen LogP contribution in [0.1, 0.15) is 22.3 Å². The summed E-state index contributed by atoms with van der Waals surface area (Å²) < 4.78 is 26.7. The van der Waals surface area contributed by atoms with Gasteiger partial charge in [0.1, 0.15) is 0 Å². The fourth-order valence-electron chi connectivity index (χ4n) is 2.89. The van der Waals surface area contributed by atoms with Gasteiger partial charge >= 0.3 is 0 Å². The first-order valence-corrected chi connectivity index (χ1v) is 9.94. The number of carbonyl (C=O) groups excluding carboxylic acids is 1. The second-order valence-electron chi connectivity index (χ2n) is 6.30. The second kappa shape index (κ2) is 7.94. The van der Waals surface area contributed by atoms with Gasteiger partial charge in [0, 0.05) is 43.6 Å². The summed E-state index contributed by atoms with van der Waals surface area (Å²) in [5, 5.41) is 2.81. The van der Waals surface area contributed by atoms with Gasteiger partial charge in [0.05, 0.1) is 4.90 Å². The molecule has 1 unspecified atom stereocenters. The van der Waals surface area contributed by atoms with Crippen LogP contribution in [0.25, 0.3) is 0 Å². The fraction of sp³-hybridized carbons (Fsp3) is 0.333. The maximum Gasteiger partial charge on any atom is 0.251 e. The zero-order chi connectivity index (χ0) is 18.6. The Balaban J connectivity index is 1.65. The van der Waals surface area contributed by atoms with Gasteiger partial charge < -0.3 is 11.1 Å². The Labute approximate surface area is 153 Å². The predicted octanol–water partition coefficient (Wildman–Crippen LogP) is 0.776. The van der Waals surface area contributed by atoms with Crippen molar-refractivity contribution in [3.63, 3.8) is 0 Å². The molecule has 1 aliphatic rings. The van der Waals surface area contributed by atoms with Gasteiger partial charge in [-0.3, -0.25) is 9.78 Å². The number of nitrogens with one attached hydrogen (secondary N) is 1. The number of sulfonamides is 1. The van der Waals surface area contributed by atoms with Gasteiger partial charge in [0.2, 0.25) is 10.0 Å². The lowest BCUT2D eigenvalue weighted by atomic mass is 10.2. The lowest BCUT2D eigenvalue weighted by molar-refractivity contribution is 0.0954. The van der Waals surface area contributed by atoms with Gasteiger partial charge in [-0.15, -0.1) is 0 Å². The Hall–Kier alpha value is -2.29. The van der Waals surface area contributed by atoms with E-state index in [1.54, 1.807) is 24.5 Å². The number of nitrogens with zero attached hydrogens (tertiary/aromatic N) is 2. The minimum atomic E-state index is -3.62. The van der Waals surface area contributed by atoms with Crippen molar-refractivity contribution in [3.8, 4) is 0 Å². The van der Waals surface area contributed by atoms with Gasteiger partial charge in [-0.05, 0) is 48.7 Å². The average Bonchev–Trinajstić information content (AvgIpc) is 3.10. The number of amides is 1. The molecule has 2 heterocycles. The summed E-state index contributed by atoms with van der Waals surface area (Å²) in [5.74, 6) is -0.297. The molecule has 1 aromatic heterocycles. The van der Waals surface area contributed by atoms with Crippen LogP contribution in [-0.2, 0) is 16.4 Å². The van der Waals surface area contributed by atoms with E-state index >= 15 is 0 Å². The Morgan fingerprint density at radius 3 is 2.73 bits per heavy atom. The summed E-state index contributed by atoms with van der Waals surface area (Å²) in [6, 6.07) is 9.76. The van der Waals surface area contributed by atoms with Crippen molar-refractivity contribution in [2.45, 2.75) is 23.8 Å². The number of aromatic nitrogens is 1. The van der Waals surface area contributed by atoms with Crippen LogP contribution in [-0.4, -0.2) is 49.3 Å². The van der Waals surface area contributed by atoms with E-state index in [9.17, 15) is 13.2 Å². The standard InChI is InChI=1S/C18H22N4O3S/c19-16-7-11-22(13-16)26(24,25)17-3-1-2-15(12-17)18(23)21-10-6-14-4-8-20-9-5-14/h1-5,8-9,12,16H,6-7,10-11,13,19H2,(H,21,23). The first-order valence-electron chi connectivity index (χ1n) is 8.50. The van der Waals surface area contributed by atoms with Crippen LogP contribution in [0.3, 0.4) is 0 Å². The molecule has 1 saturated heterocycles. The van der Waals surface area contributed by atoms with Crippen LogP contribution in [0.5, 0.6) is 0 Å². The monoisotopic (exact) mass is 374 g/mol. The summed E-state index contributed by atoms with van der Waals surface area (Å²) in [6.07, 6.45) is 4.73. The average molecular weight is 374 g/mol. The molecule has 3 N–H and O–H groups in total. The first kappa shape index (κ1) is 18.5. The normalized spacial score (nSPS) is 18.0. The lowest BCUT2D eigenvalue weighted by Crippen LogP contribution is -2.32. The predicted molar refractivity (Wildman–Crippen MR) is 98.1 cm³/mol. The third-order valence-electron chi connectivity index (χ3n) is 4.37. The van der Waals surface area contributed by atoms with Gasteiger partial charge in [-0.25, -0.2) is 8.42 Å². The SMILES string of the molecule is NC1CCN(S(=O)(=O)c2cccc(C(=O)NCCc3ccncc3)c2)C1. The molecule has 0 bridgehead atoms. The van der Waals surface area contributed by atoms with Gasteiger partial charge in [-0.2, -0.15) is 4.31 Å². The van der Waals surface area contributed by atoms with Crippen molar-refractivity contribution in [3.05, 3.63) is 59.9 Å². The molecule has 26 heavy (non-hydrogen) atoms. The summed E-state index contributed by atoms with van der Waals surface area (Å²) in [5.41, 5.74) is 7.20. The molecular weight excluding hydrogens is 352 g/mol. The zero-order valence-electron chi connectivity index (χ0n) is 14.3. The molecule has 1 fully saturated rings. The highest BCUT2D eigenvalue weighted by molar-refractivity contribution is 7.89. The van der Waals surface area contributed by atoms with E-state index in [1.807, 2.05) is 12.1 Å². The third kappa shape index (κ3) is 4.27. The summed E-state index contributed by atoms with van der Waals surface area (Å²) in [6.45, 7) is 1.18. The van der Waals surface area contributed by atoms with Crippen LogP contribution in [0.4, 0.5) is 0 Å². The van der Waals surface area contributed by atoms with E-state index in [0.29, 0.717) is 38.0 Å². The van der Waals surface area contributed by atoms with Crippen LogP contribution in [0, 0.1) is 0 Å². The maximum atomic E-state index is 12.7. The minimum Gasteiger partial charge on any atom is -0.352 e. The Kier molecular flexibility index (Phi) is 5.65. The molecule has 2 aromatic rings. The molecule has 138 valence electrons. The number of hydrogen-bond donors (Lipinski definition) is 2. The zero-order valence-corrected chi connectivity index (χ0v) is 15.2. The number of carbonyl (C=O) groups is 1. The van der Waals surface area contributed by atoms with E-state index in [-0.39, 0.29) is 16.8 Å². The molecule has 1 amide bonds. The smallest absolute Gasteiger partial charge is 0.251 e. The molecule has 3 rings (SSSR count). The van der Waals surface area contributed by atoms with Gasteiger partial charge in [0.15, 0.2) is 0 Å². The fourth-order valence-corrected chi connectivity index (χ4v) is 4.45. The molecule has 0 radical (unpaired) electrons. The van der Waals surface area contributed by atoms with E-state index < -0.39 is 10.0 Å². The highest BCUT2D eigenvalue weighted by Crippen LogP contribution is 2.21. The molecule has 1 atom stereocenters. The van der Waals surface area contributed by atoms with Crippen molar-refractivity contribution in [1.29, 1.82) is 0 Å². The van der Waals surface area contributed by atoms with Crippen LogP contribution >= 0.6 is 0 Å². The molecule has 0 aliphatic carbocycles. The highest BCUT2D eigenvalue weighted by atomic mass is 32.2. The number of hydrogen-bond acceptors (Lipinski definition) is 5. The second-order valence-corrected chi connectivity index (χ2v) is 8.24. The minimum absolute atomic E-state index is 0.119. The lowest BCUT2D eigenvalue weighted by Gasteiger charge is -2.16. The number of rotatable bonds is 6. The largest absolute Gasteiger partial charge is 0.352 e. The van der Waals surface area contributed by atoms with Gasteiger partial charge in [-0.1, -0.05) is 6.07 Å². The number of benzene rings is 1. The summed E-state index contributed by atoms with van der Waals surface area (Å²) >= 11 is 0. The molecule has 1 aliphatic heterocycles. The summed E-state index contributed by atoms with van der Waals surface area (Å²) in [4.78, 5) is 16.4. The number of pyridine rings is 1. The van der Waals surface area contributed by atoms with Crippen LogP contribution in [0.2, 0.25) is 0 Å². The Bertz CT molecular complexity index is 871. The van der Waals surface area contributed by atoms with Crippen molar-refractivity contribution in [2.24, 2.45) is 5.73 Å². The van der Waals surface area contributed by atoms with Crippen molar-refractivity contribution in [1.82, 2.24) is 14.6 Å². The molecule has 7 nitrogen and oxygen atoms in total. The molecule has 0 saturated carbocycles. The van der Waals surface area contributed by atoms with Crippen molar-refractivity contribution < 1.29 is 13.2 Å². The van der Waals surface area contributed by atoms with Crippen LogP contribution < -0.4 is 11.1 Å². The van der Waals surface area contributed by atoms with E-state index in [2.05, 4.69) is 10.3 Å². The van der Waals surface area contributed by atoms with E-state index in [0.717, 1.165) is 5.56 Å². The Morgan fingerprint density at radius 2 is 2.04 bits per heavy atom. The van der Waals surface area contributed by atoms with E-state index in [1.165, 1.54) is 16.4 Å². The molecular formula is C18H22N4O3S. The number of nitrogens with two attached hydrogens (primary N) is 1. The van der Waals surface area contributed by atoms with Crippen LogP contribution in [0.15, 0.2) is 53.7 Å². The van der Waals surface area contributed by atoms with Gasteiger partial charge in [0.25, 0.3) is 5.91 Å². The molecule has 8 heteroatoms. The molecule has 0 spiro atoms. The third-order valence-corrected chi connectivity index (χ3v) is 6.23. The first-order chi connectivity index (χ1) is 12.5. The van der Waals surface area contributed by atoms with Crippen molar-refractivity contribution >= 4 is 15.9 Å². The Morgan fingerprint density at radius 1 is 1.27 bits per heavy atom. The van der Waals surface area contributed by atoms with Crippen molar-refractivity contribution in [2.75, 3.05) is 19.6 Å². The summed E-state index contributed by atoms with van der Waals surface area (Å²) in [7, 11) is -3.62. The highest BCUT2D eigenvalue weighted by Gasteiger charge is 2.31.